The molecular weight excluding hydrogens is 230 g/mol. The van der Waals surface area contributed by atoms with Gasteiger partial charge >= 0.3 is 0 Å². The molecule has 0 radical (unpaired) electrons. The van der Waals surface area contributed by atoms with Gasteiger partial charge in [-0.1, -0.05) is 0 Å². The highest BCUT2D eigenvalue weighted by Crippen LogP contribution is 2.27. The molecule has 1 saturated carbocycles. The van der Waals surface area contributed by atoms with Crippen molar-refractivity contribution in [2.24, 2.45) is 0 Å². The number of furan rings is 1. The molecule has 0 aliphatic heterocycles. The van der Waals surface area contributed by atoms with E-state index in [1.165, 1.54) is 6.26 Å². The first-order chi connectivity index (χ1) is 7.74. The standard InChI is InChI=1S/C11H14ClNO3/c12-10-9(4-7-16-10)11(15)13(5-6-14)8-2-1-3-8/h4,7-8,14H,1-3,5-6H2. The predicted octanol–water partition coefficient (Wildman–Crippen LogP) is 1.92. The van der Waals surface area contributed by atoms with Crippen LogP contribution in [0.15, 0.2) is 16.7 Å². The Morgan fingerprint density at radius 3 is 2.81 bits per heavy atom. The average Bonchev–Trinajstić information content (AvgIpc) is 2.60. The van der Waals surface area contributed by atoms with Crippen LogP contribution in [0.3, 0.4) is 0 Å². The normalized spacial score (nSPS) is 15.9. The van der Waals surface area contributed by atoms with E-state index in [4.69, 9.17) is 21.1 Å². The van der Waals surface area contributed by atoms with Crippen LogP contribution < -0.4 is 0 Å². The van der Waals surface area contributed by atoms with Crippen LogP contribution in [0.5, 0.6) is 0 Å². The fraction of sp³-hybridized carbons (Fsp3) is 0.545. The molecule has 1 fully saturated rings. The summed E-state index contributed by atoms with van der Waals surface area (Å²) < 4.78 is 4.90. The van der Waals surface area contributed by atoms with Crippen LogP contribution in [0.4, 0.5) is 0 Å². The van der Waals surface area contributed by atoms with Crippen molar-refractivity contribution >= 4 is 17.5 Å². The number of hydrogen-bond acceptors (Lipinski definition) is 3. The third-order valence-corrected chi connectivity index (χ3v) is 3.26. The summed E-state index contributed by atoms with van der Waals surface area (Å²) >= 11 is 5.77. The van der Waals surface area contributed by atoms with Crippen LogP contribution in [-0.2, 0) is 0 Å². The van der Waals surface area contributed by atoms with Gasteiger partial charge in [-0.15, -0.1) is 0 Å². The van der Waals surface area contributed by atoms with Crippen molar-refractivity contribution < 1.29 is 14.3 Å². The average molecular weight is 244 g/mol. The number of halogens is 1. The van der Waals surface area contributed by atoms with Gasteiger partial charge < -0.3 is 14.4 Å². The molecule has 0 aromatic carbocycles. The van der Waals surface area contributed by atoms with Crippen LogP contribution in [0.25, 0.3) is 0 Å². The Kier molecular flexibility index (Phi) is 3.51. The summed E-state index contributed by atoms with van der Waals surface area (Å²) in [5.41, 5.74) is 0.377. The number of carbonyl (C=O) groups excluding carboxylic acids is 1. The molecule has 1 amide bonds. The number of amides is 1. The molecule has 16 heavy (non-hydrogen) atoms. The Morgan fingerprint density at radius 2 is 2.38 bits per heavy atom. The molecular formula is C11H14ClNO3. The second kappa shape index (κ2) is 4.89. The minimum absolute atomic E-state index is 0.0300. The predicted molar refractivity (Wildman–Crippen MR) is 59.5 cm³/mol. The summed E-state index contributed by atoms with van der Waals surface area (Å²) in [4.78, 5) is 13.8. The molecule has 2 rings (SSSR count). The third kappa shape index (κ3) is 2.08. The van der Waals surface area contributed by atoms with Crippen molar-refractivity contribution in [2.75, 3.05) is 13.2 Å². The zero-order chi connectivity index (χ0) is 11.5. The highest BCUT2D eigenvalue weighted by atomic mass is 35.5. The highest BCUT2D eigenvalue weighted by molar-refractivity contribution is 6.32. The first-order valence-electron chi connectivity index (χ1n) is 5.39. The zero-order valence-electron chi connectivity index (χ0n) is 8.86. The van der Waals surface area contributed by atoms with Gasteiger partial charge in [-0.25, -0.2) is 0 Å². The molecule has 1 N–H and O–H groups in total. The second-order valence-electron chi connectivity index (χ2n) is 3.91. The number of aliphatic hydroxyl groups excluding tert-OH is 1. The number of hydrogen-bond donors (Lipinski definition) is 1. The largest absolute Gasteiger partial charge is 0.452 e. The molecule has 1 aromatic rings. The maximum atomic E-state index is 12.1. The van der Waals surface area contributed by atoms with Gasteiger partial charge in [-0.3, -0.25) is 4.79 Å². The van der Waals surface area contributed by atoms with E-state index in [0.29, 0.717) is 12.1 Å². The minimum atomic E-state index is -0.155. The fourth-order valence-corrected chi connectivity index (χ4v) is 2.05. The van der Waals surface area contributed by atoms with Gasteiger partial charge in [-0.05, 0) is 36.9 Å². The summed E-state index contributed by atoms with van der Waals surface area (Å²) in [6.07, 6.45) is 4.54. The molecule has 88 valence electrons. The SMILES string of the molecule is O=C(c1ccoc1Cl)N(CCO)C1CCC1. The lowest BCUT2D eigenvalue weighted by atomic mass is 9.91. The van der Waals surface area contributed by atoms with Gasteiger partial charge in [0.15, 0.2) is 0 Å². The smallest absolute Gasteiger partial charge is 0.259 e. The van der Waals surface area contributed by atoms with E-state index in [1.807, 2.05) is 0 Å². The Labute approximate surface area is 98.8 Å². The maximum Gasteiger partial charge on any atom is 0.259 e. The van der Waals surface area contributed by atoms with E-state index in [0.717, 1.165) is 19.3 Å². The first-order valence-corrected chi connectivity index (χ1v) is 5.76. The molecule has 0 bridgehead atoms. The van der Waals surface area contributed by atoms with Gasteiger partial charge in [0.2, 0.25) is 5.22 Å². The molecule has 0 saturated heterocycles. The van der Waals surface area contributed by atoms with E-state index in [-0.39, 0.29) is 23.8 Å². The summed E-state index contributed by atoms with van der Waals surface area (Å²) in [6.45, 7) is 0.322. The third-order valence-electron chi connectivity index (χ3n) is 2.97. The Morgan fingerprint density at radius 1 is 1.62 bits per heavy atom. The first kappa shape index (κ1) is 11.5. The maximum absolute atomic E-state index is 12.1. The number of rotatable bonds is 4. The van der Waals surface area contributed by atoms with Gasteiger partial charge in [0.05, 0.1) is 18.4 Å². The van der Waals surface area contributed by atoms with Crippen LogP contribution in [0.1, 0.15) is 29.6 Å². The molecule has 1 aliphatic rings. The van der Waals surface area contributed by atoms with Crippen molar-refractivity contribution in [3.63, 3.8) is 0 Å². The number of nitrogens with zero attached hydrogens (tertiary/aromatic N) is 1. The lowest BCUT2D eigenvalue weighted by Crippen LogP contribution is -2.45. The molecule has 4 nitrogen and oxygen atoms in total. The lowest BCUT2D eigenvalue weighted by molar-refractivity contribution is 0.0525. The fourth-order valence-electron chi connectivity index (χ4n) is 1.86. The van der Waals surface area contributed by atoms with E-state index >= 15 is 0 Å². The summed E-state index contributed by atoms with van der Waals surface area (Å²) in [6, 6.07) is 1.80. The van der Waals surface area contributed by atoms with E-state index in [1.54, 1.807) is 11.0 Å². The van der Waals surface area contributed by atoms with Gasteiger partial charge in [0.25, 0.3) is 5.91 Å². The van der Waals surface area contributed by atoms with Crippen LogP contribution in [-0.4, -0.2) is 35.1 Å². The Balaban J connectivity index is 2.13. The van der Waals surface area contributed by atoms with Gasteiger partial charge in [0, 0.05) is 12.6 Å². The van der Waals surface area contributed by atoms with Crippen molar-refractivity contribution in [1.82, 2.24) is 4.90 Å². The molecule has 1 aromatic heterocycles. The van der Waals surface area contributed by atoms with Crippen LogP contribution in [0, 0.1) is 0 Å². The Bertz CT molecular complexity index is 373. The molecule has 1 heterocycles. The summed E-state index contributed by atoms with van der Waals surface area (Å²) in [5, 5.41) is 9.09. The zero-order valence-corrected chi connectivity index (χ0v) is 9.61. The van der Waals surface area contributed by atoms with Crippen molar-refractivity contribution in [3.05, 3.63) is 23.1 Å². The van der Waals surface area contributed by atoms with Crippen molar-refractivity contribution in [2.45, 2.75) is 25.3 Å². The van der Waals surface area contributed by atoms with Crippen molar-refractivity contribution in [3.8, 4) is 0 Å². The van der Waals surface area contributed by atoms with Gasteiger partial charge in [-0.2, -0.15) is 0 Å². The summed E-state index contributed by atoms with van der Waals surface area (Å²) in [7, 11) is 0. The molecule has 5 heteroatoms. The summed E-state index contributed by atoms with van der Waals surface area (Å²) in [5.74, 6) is -0.155. The second-order valence-corrected chi connectivity index (χ2v) is 4.26. The van der Waals surface area contributed by atoms with E-state index in [2.05, 4.69) is 0 Å². The van der Waals surface area contributed by atoms with Crippen LogP contribution in [0.2, 0.25) is 5.22 Å². The monoisotopic (exact) mass is 243 g/mol. The molecule has 0 spiro atoms. The molecule has 0 atom stereocenters. The number of carbonyl (C=O) groups is 1. The lowest BCUT2D eigenvalue weighted by Gasteiger charge is -2.37. The minimum Gasteiger partial charge on any atom is -0.452 e. The topological polar surface area (TPSA) is 53.7 Å². The van der Waals surface area contributed by atoms with Crippen LogP contribution >= 0.6 is 11.6 Å². The van der Waals surface area contributed by atoms with E-state index in [9.17, 15) is 4.79 Å². The van der Waals surface area contributed by atoms with E-state index < -0.39 is 0 Å². The molecule has 0 unspecified atom stereocenters. The quantitative estimate of drug-likeness (QED) is 0.879. The van der Waals surface area contributed by atoms with Crippen molar-refractivity contribution in [1.29, 1.82) is 0 Å². The highest BCUT2D eigenvalue weighted by Gasteiger charge is 2.30. The molecule has 1 aliphatic carbocycles. The number of aliphatic hydroxyl groups is 1. The Hall–Kier alpha value is -1.00. The van der Waals surface area contributed by atoms with Gasteiger partial charge in [0.1, 0.15) is 0 Å².